The maximum Gasteiger partial charge on any atom is 0.189 e. The third kappa shape index (κ3) is 2.91. The molecule has 25 heavy (non-hydrogen) atoms. The molecule has 0 aromatic carbocycles. The van der Waals surface area contributed by atoms with Gasteiger partial charge in [0, 0.05) is 11.0 Å². The van der Waals surface area contributed by atoms with Crippen LogP contribution < -0.4 is 0 Å². The standard InChI is InChI=1S/C20H30O5/c1-12-4-7-16-19(2,9-8-17(23)20(16,3)11-21)14(12)6-5-13-15(22)10-25-18(13)24/h5,14,16-18,21,23-24H,1,4,6-11H2,2-3H3/b13-5-/t14-,16-,17-,18-,19+,20+/m1/s1. The highest BCUT2D eigenvalue weighted by molar-refractivity contribution is 5.98. The van der Waals surface area contributed by atoms with Gasteiger partial charge in [-0.1, -0.05) is 32.1 Å². The number of hydrogen-bond acceptors (Lipinski definition) is 5. The van der Waals surface area contributed by atoms with Crippen molar-refractivity contribution >= 4 is 5.78 Å². The van der Waals surface area contributed by atoms with Gasteiger partial charge in [0.25, 0.3) is 0 Å². The first-order valence-electron chi connectivity index (χ1n) is 9.23. The zero-order valence-corrected chi connectivity index (χ0v) is 15.2. The van der Waals surface area contributed by atoms with Crippen LogP contribution in [0.25, 0.3) is 0 Å². The molecule has 0 amide bonds. The molecular formula is C20H30O5. The van der Waals surface area contributed by atoms with Gasteiger partial charge in [-0.2, -0.15) is 0 Å². The summed E-state index contributed by atoms with van der Waals surface area (Å²) >= 11 is 0. The van der Waals surface area contributed by atoms with E-state index in [1.807, 2.05) is 13.0 Å². The number of aliphatic hydroxyl groups is 3. The van der Waals surface area contributed by atoms with E-state index in [0.29, 0.717) is 18.4 Å². The van der Waals surface area contributed by atoms with Gasteiger partial charge in [0.2, 0.25) is 0 Å². The smallest absolute Gasteiger partial charge is 0.189 e. The lowest BCUT2D eigenvalue weighted by molar-refractivity contribution is -0.151. The lowest BCUT2D eigenvalue weighted by Gasteiger charge is -2.59. The highest BCUT2D eigenvalue weighted by Crippen LogP contribution is 2.61. The minimum absolute atomic E-state index is 0.0280. The topological polar surface area (TPSA) is 87.0 Å². The summed E-state index contributed by atoms with van der Waals surface area (Å²) in [6.07, 6.45) is 4.14. The number of carbonyl (C=O) groups excluding carboxylic acids is 1. The Kier molecular flexibility index (Phi) is 4.97. The molecule has 0 radical (unpaired) electrons. The molecule has 140 valence electrons. The molecule has 2 saturated carbocycles. The molecule has 1 saturated heterocycles. The Morgan fingerprint density at radius 3 is 2.64 bits per heavy atom. The number of rotatable bonds is 3. The Morgan fingerprint density at radius 2 is 2.04 bits per heavy atom. The van der Waals surface area contributed by atoms with E-state index in [2.05, 4.69) is 13.5 Å². The van der Waals surface area contributed by atoms with Gasteiger partial charge in [0.05, 0.1) is 12.7 Å². The van der Waals surface area contributed by atoms with Gasteiger partial charge in [-0.3, -0.25) is 4.79 Å². The van der Waals surface area contributed by atoms with Gasteiger partial charge >= 0.3 is 0 Å². The van der Waals surface area contributed by atoms with E-state index in [4.69, 9.17) is 4.74 Å². The number of aliphatic hydroxyl groups excluding tert-OH is 3. The lowest BCUT2D eigenvalue weighted by Crippen LogP contribution is -2.57. The fourth-order valence-electron chi connectivity index (χ4n) is 5.56. The number of ketones is 1. The van der Waals surface area contributed by atoms with Crippen LogP contribution in [0.2, 0.25) is 0 Å². The van der Waals surface area contributed by atoms with Crippen LogP contribution in [0.4, 0.5) is 0 Å². The van der Waals surface area contributed by atoms with Gasteiger partial charge in [0.1, 0.15) is 6.61 Å². The van der Waals surface area contributed by atoms with Gasteiger partial charge in [0.15, 0.2) is 12.1 Å². The molecule has 0 spiro atoms. The van der Waals surface area contributed by atoms with Gasteiger partial charge < -0.3 is 20.1 Å². The summed E-state index contributed by atoms with van der Waals surface area (Å²) in [6.45, 7) is 8.40. The fourth-order valence-corrected chi connectivity index (χ4v) is 5.56. The van der Waals surface area contributed by atoms with Crippen LogP contribution in [-0.2, 0) is 9.53 Å². The molecule has 3 rings (SSSR count). The lowest BCUT2D eigenvalue weighted by atomic mass is 9.46. The first-order chi connectivity index (χ1) is 11.7. The first kappa shape index (κ1) is 18.8. The van der Waals surface area contributed by atoms with E-state index < -0.39 is 17.8 Å². The maximum absolute atomic E-state index is 11.9. The second-order valence-electron chi connectivity index (χ2n) is 8.51. The summed E-state index contributed by atoms with van der Waals surface area (Å²) in [6, 6.07) is 0. The van der Waals surface area contributed by atoms with Crippen LogP contribution in [0.15, 0.2) is 23.8 Å². The van der Waals surface area contributed by atoms with E-state index in [9.17, 15) is 20.1 Å². The summed E-state index contributed by atoms with van der Waals surface area (Å²) in [5.41, 5.74) is 0.911. The van der Waals surface area contributed by atoms with Crippen LogP contribution >= 0.6 is 0 Å². The van der Waals surface area contributed by atoms with Gasteiger partial charge in [-0.05, 0) is 49.4 Å². The Morgan fingerprint density at radius 1 is 1.32 bits per heavy atom. The van der Waals surface area contributed by atoms with E-state index in [1.54, 1.807) is 0 Å². The van der Waals surface area contributed by atoms with E-state index in [0.717, 1.165) is 24.8 Å². The van der Waals surface area contributed by atoms with E-state index >= 15 is 0 Å². The van der Waals surface area contributed by atoms with Crippen molar-refractivity contribution in [3.63, 3.8) is 0 Å². The van der Waals surface area contributed by atoms with Gasteiger partial charge in [-0.25, -0.2) is 0 Å². The molecule has 0 aromatic heterocycles. The highest BCUT2D eigenvalue weighted by atomic mass is 16.6. The summed E-state index contributed by atoms with van der Waals surface area (Å²) in [5.74, 6) is 0.204. The number of fused-ring (bicyclic) bond motifs is 1. The minimum Gasteiger partial charge on any atom is -0.396 e. The predicted octanol–water partition coefficient (Wildman–Crippen LogP) is 1.96. The quantitative estimate of drug-likeness (QED) is 0.535. The third-order valence-corrected chi connectivity index (χ3v) is 7.23. The molecule has 6 atom stereocenters. The molecule has 3 N–H and O–H groups in total. The average Bonchev–Trinajstić information content (AvgIpc) is 2.89. The molecule has 2 aliphatic carbocycles. The minimum atomic E-state index is -1.12. The second kappa shape index (κ2) is 6.62. The van der Waals surface area contributed by atoms with Crippen molar-refractivity contribution in [3.8, 4) is 0 Å². The number of hydrogen-bond donors (Lipinski definition) is 3. The molecule has 3 aliphatic rings. The van der Waals surface area contributed by atoms with Crippen LogP contribution in [-0.4, -0.2) is 46.7 Å². The fraction of sp³-hybridized carbons (Fsp3) is 0.750. The number of allylic oxidation sites excluding steroid dienone is 2. The second-order valence-corrected chi connectivity index (χ2v) is 8.51. The number of ether oxygens (including phenoxy) is 1. The van der Waals surface area contributed by atoms with Crippen molar-refractivity contribution < 1.29 is 24.9 Å². The summed E-state index contributed by atoms with van der Waals surface area (Å²) in [7, 11) is 0. The molecule has 5 heteroatoms. The van der Waals surface area contributed by atoms with Crippen LogP contribution in [0.1, 0.15) is 46.0 Å². The normalized spacial score (nSPS) is 46.5. The Labute approximate surface area is 149 Å². The Hall–Kier alpha value is -1.01. The molecule has 1 heterocycles. The van der Waals surface area contributed by atoms with Crippen molar-refractivity contribution in [1.82, 2.24) is 0 Å². The molecule has 0 aromatic rings. The van der Waals surface area contributed by atoms with Crippen molar-refractivity contribution in [1.29, 1.82) is 0 Å². The van der Waals surface area contributed by atoms with Crippen molar-refractivity contribution in [2.45, 2.75) is 58.3 Å². The molecule has 5 nitrogen and oxygen atoms in total. The highest BCUT2D eigenvalue weighted by Gasteiger charge is 2.57. The molecule has 1 aliphatic heterocycles. The average molecular weight is 350 g/mol. The summed E-state index contributed by atoms with van der Waals surface area (Å²) in [5, 5.41) is 30.3. The Balaban J connectivity index is 1.89. The number of Topliss-reactive ketones (excluding diaryl/α,β-unsaturated/α-hetero) is 1. The maximum atomic E-state index is 11.9. The summed E-state index contributed by atoms with van der Waals surface area (Å²) in [4.78, 5) is 11.9. The SMILES string of the molecule is C=C1CC[C@H]2[C@](C)(CO)[C@H](O)CC[C@@]2(C)[C@@H]1C/C=C1/C(=O)CO[C@H]1O. The zero-order chi connectivity index (χ0) is 18.4. The molecule has 3 fully saturated rings. The monoisotopic (exact) mass is 350 g/mol. The van der Waals surface area contributed by atoms with Crippen molar-refractivity contribution in [2.24, 2.45) is 22.7 Å². The van der Waals surface area contributed by atoms with Crippen LogP contribution in [0.3, 0.4) is 0 Å². The van der Waals surface area contributed by atoms with Gasteiger partial charge in [-0.15, -0.1) is 0 Å². The van der Waals surface area contributed by atoms with Crippen molar-refractivity contribution in [3.05, 3.63) is 23.8 Å². The predicted molar refractivity (Wildman–Crippen MR) is 93.6 cm³/mol. The third-order valence-electron chi connectivity index (χ3n) is 7.23. The molecule has 0 bridgehead atoms. The van der Waals surface area contributed by atoms with Crippen molar-refractivity contribution in [2.75, 3.05) is 13.2 Å². The van der Waals surface area contributed by atoms with E-state index in [-0.39, 0.29) is 36.2 Å². The summed E-state index contributed by atoms with van der Waals surface area (Å²) < 4.78 is 4.99. The van der Waals surface area contributed by atoms with E-state index in [1.165, 1.54) is 0 Å². The van der Waals surface area contributed by atoms with Crippen LogP contribution in [0, 0.1) is 22.7 Å². The molecule has 0 unspecified atom stereocenters. The first-order valence-corrected chi connectivity index (χ1v) is 9.23. The molecular weight excluding hydrogens is 320 g/mol. The largest absolute Gasteiger partial charge is 0.396 e. The van der Waals surface area contributed by atoms with Crippen LogP contribution in [0.5, 0.6) is 0 Å². The zero-order valence-electron chi connectivity index (χ0n) is 15.2. The Bertz CT molecular complexity index is 597. The number of carbonyl (C=O) groups is 1.